The fourth-order valence-corrected chi connectivity index (χ4v) is 1.90. The summed E-state index contributed by atoms with van der Waals surface area (Å²) in [6, 6.07) is 5.24. The van der Waals surface area contributed by atoms with Crippen LogP contribution in [0.15, 0.2) is 29.2 Å². The molecule has 8 heteroatoms. The first-order chi connectivity index (χ1) is 10.5. The van der Waals surface area contributed by atoms with Crippen LogP contribution in [-0.2, 0) is 27.9 Å². The van der Waals surface area contributed by atoms with Crippen molar-refractivity contribution < 1.29 is 14.3 Å². The molecule has 2 aromatic heterocycles. The van der Waals surface area contributed by atoms with Gasteiger partial charge in [0.05, 0.1) is 6.61 Å². The van der Waals surface area contributed by atoms with Gasteiger partial charge in [0.2, 0.25) is 0 Å². The lowest BCUT2D eigenvalue weighted by molar-refractivity contribution is -0.145. The average molecular weight is 304 g/mol. The number of ether oxygens (including phenoxy) is 1. The van der Waals surface area contributed by atoms with Gasteiger partial charge in [-0.25, -0.2) is 9.48 Å². The second kappa shape index (κ2) is 6.79. The Balaban J connectivity index is 2.18. The van der Waals surface area contributed by atoms with Gasteiger partial charge in [-0.15, -0.1) is 5.10 Å². The number of carbonyl (C=O) groups is 2. The highest BCUT2D eigenvalue weighted by molar-refractivity contribution is 5.95. The molecule has 0 saturated heterocycles. The summed E-state index contributed by atoms with van der Waals surface area (Å²) in [5, 5.41) is 4.10. The van der Waals surface area contributed by atoms with Gasteiger partial charge in [-0.2, -0.15) is 0 Å². The maximum absolute atomic E-state index is 12.1. The number of rotatable bonds is 6. The molecule has 0 N–H and O–H groups in total. The molecule has 0 atom stereocenters. The largest absolute Gasteiger partial charge is 0.466 e. The van der Waals surface area contributed by atoms with Crippen LogP contribution in [-0.4, -0.2) is 37.7 Å². The van der Waals surface area contributed by atoms with E-state index in [1.54, 1.807) is 38.4 Å². The maximum atomic E-state index is 12.1. The number of hydrogen-bond acceptors (Lipinski definition) is 6. The summed E-state index contributed by atoms with van der Waals surface area (Å²) in [5.41, 5.74) is 0.0801. The van der Waals surface area contributed by atoms with Crippen molar-refractivity contribution in [3.8, 4) is 11.5 Å². The number of pyridine rings is 1. The minimum Gasteiger partial charge on any atom is -0.466 e. The number of nitrogens with zero attached hydrogens (tertiary/aromatic N) is 4. The number of ketones is 1. The normalized spacial score (nSPS) is 10.5. The molecule has 0 unspecified atom stereocenters. The molecule has 8 nitrogen and oxygen atoms in total. The van der Waals surface area contributed by atoms with E-state index in [0.29, 0.717) is 11.5 Å². The van der Waals surface area contributed by atoms with Crippen molar-refractivity contribution in [1.29, 1.82) is 0 Å². The second-order valence-corrected chi connectivity index (χ2v) is 4.56. The van der Waals surface area contributed by atoms with E-state index in [0.717, 1.165) is 4.68 Å². The first-order valence-electron chi connectivity index (χ1n) is 6.75. The Bertz CT molecular complexity index is 733. The van der Waals surface area contributed by atoms with Crippen molar-refractivity contribution >= 4 is 11.8 Å². The number of hydrogen-bond donors (Lipinski definition) is 0. The smallest absolute Gasteiger partial charge is 0.346 e. The number of aromatic nitrogens is 4. The van der Waals surface area contributed by atoms with Crippen LogP contribution in [0.3, 0.4) is 0 Å². The van der Waals surface area contributed by atoms with Gasteiger partial charge < -0.3 is 4.74 Å². The van der Waals surface area contributed by atoms with Crippen molar-refractivity contribution in [3.63, 3.8) is 0 Å². The van der Waals surface area contributed by atoms with Crippen LogP contribution in [0.4, 0.5) is 0 Å². The molecule has 0 bridgehead atoms. The Kier molecular flexibility index (Phi) is 4.82. The summed E-state index contributed by atoms with van der Waals surface area (Å²) in [5.74, 6) is -0.692. The predicted octanol–water partition coefficient (Wildman–Crippen LogP) is 0.166. The van der Waals surface area contributed by atoms with E-state index in [2.05, 4.69) is 10.1 Å². The highest BCUT2D eigenvalue weighted by atomic mass is 16.5. The molecule has 22 heavy (non-hydrogen) atoms. The maximum Gasteiger partial charge on any atom is 0.346 e. The van der Waals surface area contributed by atoms with Gasteiger partial charge in [-0.05, 0) is 19.1 Å². The second-order valence-electron chi connectivity index (χ2n) is 4.56. The fourth-order valence-electron chi connectivity index (χ4n) is 1.90. The molecule has 0 aliphatic heterocycles. The van der Waals surface area contributed by atoms with Crippen LogP contribution in [0, 0.1) is 0 Å². The molecular formula is C14H16N4O4. The van der Waals surface area contributed by atoms with Crippen LogP contribution >= 0.6 is 0 Å². The quantitative estimate of drug-likeness (QED) is 0.557. The third-order valence-electron chi connectivity index (χ3n) is 2.91. The van der Waals surface area contributed by atoms with Crippen molar-refractivity contribution in [2.24, 2.45) is 7.05 Å². The van der Waals surface area contributed by atoms with Crippen molar-refractivity contribution in [1.82, 2.24) is 19.3 Å². The topological polar surface area (TPSA) is 96.1 Å². The van der Waals surface area contributed by atoms with Gasteiger partial charge >= 0.3 is 11.7 Å². The third kappa shape index (κ3) is 3.46. The fraction of sp³-hybridized carbons (Fsp3) is 0.357. The van der Waals surface area contributed by atoms with Gasteiger partial charge in [0.1, 0.15) is 18.7 Å². The van der Waals surface area contributed by atoms with Crippen molar-refractivity contribution in [3.05, 3.63) is 34.9 Å². The number of Topliss-reactive ketones (excluding diaryl/α,β-unsaturated/α-hetero) is 1. The van der Waals surface area contributed by atoms with Gasteiger partial charge in [-0.3, -0.25) is 19.1 Å². The van der Waals surface area contributed by atoms with Gasteiger partial charge in [-0.1, -0.05) is 6.07 Å². The minimum atomic E-state index is -0.610. The Morgan fingerprint density at radius 3 is 2.73 bits per heavy atom. The lowest BCUT2D eigenvalue weighted by atomic mass is 10.3. The van der Waals surface area contributed by atoms with Gasteiger partial charge in [0.15, 0.2) is 11.6 Å². The predicted molar refractivity (Wildman–Crippen MR) is 77.0 cm³/mol. The highest BCUT2D eigenvalue weighted by Crippen LogP contribution is 2.10. The molecule has 2 heterocycles. The van der Waals surface area contributed by atoms with Crippen molar-refractivity contribution in [2.45, 2.75) is 19.9 Å². The zero-order valence-corrected chi connectivity index (χ0v) is 12.4. The average Bonchev–Trinajstić information content (AvgIpc) is 2.76. The molecule has 0 radical (unpaired) electrons. The minimum absolute atomic E-state index is 0.208. The number of carbonyl (C=O) groups excluding carboxylic acids is 2. The monoisotopic (exact) mass is 304 g/mol. The summed E-state index contributed by atoms with van der Waals surface area (Å²) in [4.78, 5) is 39.2. The molecule has 0 aliphatic carbocycles. The van der Waals surface area contributed by atoms with Crippen LogP contribution in [0.5, 0.6) is 0 Å². The summed E-state index contributed by atoms with van der Waals surface area (Å²) >= 11 is 0. The zero-order valence-electron chi connectivity index (χ0n) is 12.4. The lowest BCUT2D eigenvalue weighted by Gasteiger charge is -2.00. The van der Waals surface area contributed by atoms with Gasteiger partial charge in [0, 0.05) is 13.2 Å². The van der Waals surface area contributed by atoms with E-state index in [1.807, 2.05) is 0 Å². The van der Waals surface area contributed by atoms with Crippen LogP contribution in [0.25, 0.3) is 11.5 Å². The first-order valence-corrected chi connectivity index (χ1v) is 6.75. The van der Waals surface area contributed by atoms with E-state index in [4.69, 9.17) is 4.74 Å². The van der Waals surface area contributed by atoms with Gasteiger partial charge in [0.25, 0.3) is 0 Å². The molecule has 116 valence electrons. The third-order valence-corrected chi connectivity index (χ3v) is 2.91. The van der Waals surface area contributed by atoms with Crippen LogP contribution < -0.4 is 5.69 Å². The van der Waals surface area contributed by atoms with E-state index in [9.17, 15) is 14.4 Å². The standard InChI is InChI=1S/C14H16N4O4/c1-3-22-12(20)8-10(19)9-18-14(21)17(2)13(16-18)11-6-4-5-7-15-11/h4-7H,3,8-9H2,1-2H3. The number of esters is 1. The first kappa shape index (κ1) is 15.6. The highest BCUT2D eigenvalue weighted by Gasteiger charge is 2.17. The molecule has 0 aromatic carbocycles. The van der Waals surface area contributed by atoms with E-state index in [1.165, 1.54) is 4.57 Å². The Morgan fingerprint density at radius 1 is 1.32 bits per heavy atom. The van der Waals surface area contributed by atoms with E-state index in [-0.39, 0.29) is 19.6 Å². The van der Waals surface area contributed by atoms with Crippen molar-refractivity contribution in [2.75, 3.05) is 6.61 Å². The molecule has 2 aromatic rings. The zero-order chi connectivity index (χ0) is 16.1. The molecule has 0 saturated carbocycles. The van der Waals surface area contributed by atoms with E-state index < -0.39 is 17.4 Å². The van der Waals surface area contributed by atoms with Crippen LogP contribution in [0.1, 0.15) is 13.3 Å². The van der Waals surface area contributed by atoms with Crippen LogP contribution in [0.2, 0.25) is 0 Å². The molecule has 2 rings (SSSR count). The van der Waals surface area contributed by atoms with E-state index >= 15 is 0 Å². The summed E-state index contributed by atoms with van der Waals surface area (Å²) in [7, 11) is 1.55. The molecule has 0 aliphatic rings. The summed E-state index contributed by atoms with van der Waals surface area (Å²) in [6.45, 7) is 1.59. The Labute approximate surface area is 126 Å². The summed E-state index contributed by atoms with van der Waals surface area (Å²) < 4.78 is 7.02. The Hall–Kier alpha value is -2.77. The SMILES string of the molecule is CCOC(=O)CC(=O)Cn1nc(-c2ccccn2)n(C)c1=O. The lowest BCUT2D eigenvalue weighted by Crippen LogP contribution is -2.27. The molecule has 0 amide bonds. The Morgan fingerprint density at radius 2 is 2.09 bits per heavy atom. The summed E-state index contributed by atoms with van der Waals surface area (Å²) in [6.07, 6.45) is 1.21. The molecular weight excluding hydrogens is 288 g/mol. The molecule has 0 fully saturated rings. The molecule has 0 spiro atoms.